The summed E-state index contributed by atoms with van der Waals surface area (Å²) in [5.41, 5.74) is 11.1. The first kappa shape index (κ1) is 29.0. The number of aliphatic carboxylic acids is 1. The maximum absolute atomic E-state index is 12.9. The van der Waals surface area contributed by atoms with Gasteiger partial charge in [0.2, 0.25) is 0 Å². The molecular formula is C25H34N2O8S. The molecule has 2 aromatic carbocycles. The Morgan fingerprint density at radius 1 is 1.03 bits per heavy atom. The van der Waals surface area contributed by atoms with Crippen molar-refractivity contribution < 1.29 is 37.3 Å². The molecular weight excluding hydrogens is 488 g/mol. The summed E-state index contributed by atoms with van der Waals surface area (Å²) in [6, 6.07) is 9.81. The van der Waals surface area contributed by atoms with Crippen LogP contribution in [0.25, 0.3) is 6.08 Å². The third-order valence-corrected chi connectivity index (χ3v) is 7.40. The molecule has 0 radical (unpaired) electrons. The lowest BCUT2D eigenvalue weighted by atomic mass is 9.83. The van der Waals surface area contributed by atoms with Gasteiger partial charge < -0.3 is 35.5 Å². The van der Waals surface area contributed by atoms with Gasteiger partial charge in [-0.25, -0.2) is 13.2 Å². The van der Waals surface area contributed by atoms with E-state index in [1.54, 1.807) is 36.4 Å². The predicted molar refractivity (Wildman–Crippen MR) is 137 cm³/mol. The van der Waals surface area contributed by atoms with Gasteiger partial charge in [-0.3, -0.25) is 0 Å². The Kier molecular flexibility index (Phi) is 10.1. The van der Waals surface area contributed by atoms with Gasteiger partial charge >= 0.3 is 5.97 Å². The van der Waals surface area contributed by atoms with E-state index in [1.807, 2.05) is 0 Å². The second-order valence-electron chi connectivity index (χ2n) is 8.20. The Labute approximate surface area is 211 Å². The minimum Gasteiger partial charge on any atom is -0.496 e. The summed E-state index contributed by atoms with van der Waals surface area (Å²) < 4.78 is 47.0. The highest BCUT2D eigenvalue weighted by molar-refractivity contribution is 7.94. The zero-order valence-electron chi connectivity index (χ0n) is 20.9. The van der Waals surface area contributed by atoms with E-state index in [9.17, 15) is 18.3 Å². The summed E-state index contributed by atoms with van der Waals surface area (Å²) in [4.78, 5) is 12.1. The van der Waals surface area contributed by atoms with Crippen LogP contribution in [0.1, 0.15) is 24.0 Å². The van der Waals surface area contributed by atoms with E-state index in [1.165, 1.54) is 34.5 Å². The van der Waals surface area contributed by atoms with Gasteiger partial charge in [-0.2, -0.15) is 0 Å². The number of carboxylic acid groups (broad SMARTS) is 1. The van der Waals surface area contributed by atoms with Gasteiger partial charge in [0, 0.05) is 23.1 Å². The maximum atomic E-state index is 12.9. The van der Waals surface area contributed by atoms with Crippen LogP contribution < -0.4 is 30.4 Å². The number of nitrogens with two attached hydrogens (primary N) is 2. The molecule has 0 aliphatic carbocycles. The molecule has 0 amide bonds. The molecule has 2 unspecified atom stereocenters. The van der Waals surface area contributed by atoms with Crippen LogP contribution in [0.4, 0.5) is 0 Å². The summed E-state index contributed by atoms with van der Waals surface area (Å²) in [6.45, 7) is 0.0316. The minimum absolute atomic E-state index is 0.0316. The van der Waals surface area contributed by atoms with Crippen molar-refractivity contribution in [3.63, 3.8) is 0 Å². The van der Waals surface area contributed by atoms with Crippen LogP contribution in [-0.4, -0.2) is 60.2 Å². The van der Waals surface area contributed by atoms with E-state index in [-0.39, 0.29) is 25.1 Å². The highest BCUT2D eigenvalue weighted by atomic mass is 32.2. The molecule has 2 aromatic rings. The number of para-hydroxylation sites is 1. The molecule has 0 bridgehead atoms. The van der Waals surface area contributed by atoms with Crippen LogP contribution in [0.5, 0.6) is 23.0 Å². The molecule has 36 heavy (non-hydrogen) atoms. The van der Waals surface area contributed by atoms with Crippen molar-refractivity contribution in [2.45, 2.75) is 18.4 Å². The van der Waals surface area contributed by atoms with Gasteiger partial charge in [-0.15, -0.1) is 0 Å². The molecule has 0 spiro atoms. The Morgan fingerprint density at radius 2 is 1.61 bits per heavy atom. The van der Waals surface area contributed by atoms with E-state index in [4.69, 9.17) is 30.4 Å². The number of benzene rings is 2. The zero-order chi connectivity index (χ0) is 26.9. The molecule has 198 valence electrons. The summed E-state index contributed by atoms with van der Waals surface area (Å²) >= 11 is 0. The zero-order valence-corrected chi connectivity index (χ0v) is 21.7. The van der Waals surface area contributed by atoms with Gasteiger partial charge in [0.05, 0.1) is 39.8 Å². The second kappa shape index (κ2) is 12.6. The Morgan fingerprint density at radius 3 is 2.11 bits per heavy atom. The smallest absolute Gasteiger partial charge is 0.328 e. The molecule has 2 atom stereocenters. The fourth-order valence-corrected chi connectivity index (χ4v) is 5.24. The lowest BCUT2D eigenvalue weighted by molar-refractivity contribution is -0.144. The van der Waals surface area contributed by atoms with Crippen LogP contribution in [0.2, 0.25) is 0 Å². The van der Waals surface area contributed by atoms with E-state index < -0.39 is 27.3 Å². The van der Waals surface area contributed by atoms with Crippen LogP contribution in [0, 0.1) is 5.92 Å². The molecule has 0 saturated carbocycles. The topological polar surface area (TPSA) is 160 Å². The quantitative estimate of drug-likeness (QED) is 0.336. The molecule has 0 aliphatic rings. The molecule has 0 fully saturated rings. The Bertz CT molecular complexity index is 1160. The van der Waals surface area contributed by atoms with Crippen LogP contribution in [0.3, 0.4) is 0 Å². The maximum Gasteiger partial charge on any atom is 0.328 e. The van der Waals surface area contributed by atoms with Crippen LogP contribution in [0.15, 0.2) is 41.8 Å². The number of rotatable bonds is 14. The van der Waals surface area contributed by atoms with Crippen molar-refractivity contribution in [1.29, 1.82) is 0 Å². The third-order valence-electron chi connectivity index (χ3n) is 5.91. The van der Waals surface area contributed by atoms with E-state index >= 15 is 0 Å². The van der Waals surface area contributed by atoms with Gasteiger partial charge in [-0.1, -0.05) is 18.2 Å². The minimum atomic E-state index is -3.74. The van der Waals surface area contributed by atoms with E-state index in [0.717, 1.165) is 5.41 Å². The number of carbonyl (C=O) groups is 1. The van der Waals surface area contributed by atoms with Crippen molar-refractivity contribution in [2.75, 3.05) is 40.7 Å². The number of sulfone groups is 1. The first-order valence-electron chi connectivity index (χ1n) is 11.1. The number of carboxylic acids is 1. The van der Waals surface area contributed by atoms with E-state index in [0.29, 0.717) is 34.1 Å². The Hall–Kier alpha value is -3.28. The van der Waals surface area contributed by atoms with Crippen molar-refractivity contribution in [2.24, 2.45) is 17.4 Å². The number of hydrogen-bond acceptors (Lipinski definition) is 9. The van der Waals surface area contributed by atoms with E-state index in [2.05, 4.69) is 0 Å². The van der Waals surface area contributed by atoms with Crippen molar-refractivity contribution in [3.05, 3.63) is 52.9 Å². The van der Waals surface area contributed by atoms with Crippen molar-refractivity contribution in [3.8, 4) is 23.0 Å². The monoisotopic (exact) mass is 522 g/mol. The molecule has 10 nitrogen and oxygen atoms in total. The largest absolute Gasteiger partial charge is 0.496 e. The Balaban J connectivity index is 2.24. The fourth-order valence-electron chi connectivity index (χ4n) is 3.82. The molecule has 2 rings (SSSR count). The third kappa shape index (κ3) is 6.90. The molecule has 0 heterocycles. The predicted octanol–water partition coefficient (Wildman–Crippen LogP) is 2.40. The van der Waals surface area contributed by atoms with Gasteiger partial charge in [0.15, 0.2) is 9.84 Å². The van der Waals surface area contributed by atoms with Gasteiger partial charge in [-0.05, 0) is 37.4 Å². The summed E-state index contributed by atoms with van der Waals surface area (Å²) in [5.74, 6) is -0.489. The van der Waals surface area contributed by atoms with Crippen LogP contribution in [-0.2, 0) is 20.2 Å². The summed E-state index contributed by atoms with van der Waals surface area (Å²) in [7, 11) is 2.09. The summed E-state index contributed by atoms with van der Waals surface area (Å²) in [5, 5.41) is 11.0. The normalized spacial score (nSPS) is 14.2. The molecule has 5 N–H and O–H groups in total. The molecule has 11 heteroatoms. The van der Waals surface area contributed by atoms with Crippen LogP contribution >= 0.6 is 0 Å². The molecule has 0 aliphatic heterocycles. The first-order chi connectivity index (χ1) is 17.0. The lowest BCUT2D eigenvalue weighted by Crippen LogP contribution is -2.46. The number of hydrogen-bond donors (Lipinski definition) is 3. The highest BCUT2D eigenvalue weighted by Crippen LogP contribution is 2.36. The number of methoxy groups -OCH3 is 4. The summed E-state index contributed by atoms with van der Waals surface area (Å²) in [6.07, 6.45) is 1.52. The van der Waals surface area contributed by atoms with Crippen molar-refractivity contribution in [1.82, 2.24) is 0 Å². The van der Waals surface area contributed by atoms with Gasteiger partial charge in [0.25, 0.3) is 0 Å². The SMILES string of the molecule is COc1cc(OC)c(/C=C/S(=O)(=O)CC(CN)CCC(N)(C(=O)O)c2ccccc2OC)c(OC)c1. The average Bonchev–Trinajstić information content (AvgIpc) is 2.88. The van der Waals surface area contributed by atoms with Crippen molar-refractivity contribution >= 4 is 21.9 Å². The molecule has 0 aromatic heterocycles. The lowest BCUT2D eigenvalue weighted by Gasteiger charge is -2.28. The average molecular weight is 523 g/mol. The molecule has 0 saturated heterocycles. The highest BCUT2D eigenvalue weighted by Gasteiger charge is 2.39. The van der Waals surface area contributed by atoms with Gasteiger partial charge in [0.1, 0.15) is 28.5 Å². The fraction of sp³-hybridized carbons (Fsp3) is 0.400. The second-order valence-corrected chi connectivity index (χ2v) is 10.1. The standard InChI is InChI=1S/C25H34N2O8S/c1-32-18-13-22(34-3)19(23(14-18)35-4)10-12-36(30,31)16-17(15-26)9-11-25(27,24(28)29)20-7-5-6-8-21(20)33-2/h5-8,10,12-14,17H,9,11,15-16,26-27H2,1-4H3,(H,28,29)/b12-10+. The number of ether oxygens (including phenoxy) is 4. The first-order valence-corrected chi connectivity index (χ1v) is 12.8.